The van der Waals surface area contributed by atoms with E-state index in [1.807, 2.05) is 0 Å². The van der Waals surface area contributed by atoms with Crippen LogP contribution in [0.1, 0.15) is 6.42 Å². The Kier molecular flexibility index (Phi) is 3.77. The van der Waals surface area contributed by atoms with Gasteiger partial charge in [-0.25, -0.2) is 13.1 Å². The highest BCUT2D eigenvalue weighted by Gasteiger charge is 2.32. The van der Waals surface area contributed by atoms with Crippen molar-refractivity contribution in [2.75, 3.05) is 24.8 Å². The van der Waals surface area contributed by atoms with E-state index in [0.717, 1.165) is 11.9 Å². The van der Waals surface area contributed by atoms with Gasteiger partial charge in [0.2, 0.25) is 15.9 Å². The molecule has 1 saturated heterocycles. The maximum Gasteiger partial charge on any atom is 0.228 e. The van der Waals surface area contributed by atoms with Crippen LogP contribution in [0, 0.1) is 0 Å². The predicted molar refractivity (Wildman–Crippen MR) is 71.7 cm³/mol. The van der Waals surface area contributed by atoms with Crippen LogP contribution >= 0.6 is 0 Å². The molecule has 0 unspecified atom stereocenters. The lowest BCUT2D eigenvalue weighted by atomic mass is 10.3. The third-order valence-electron chi connectivity index (χ3n) is 2.89. The van der Waals surface area contributed by atoms with E-state index in [9.17, 15) is 13.2 Å². The van der Waals surface area contributed by atoms with E-state index < -0.39 is 10.0 Å². The number of benzene rings is 1. The Hall–Kier alpha value is -1.60. The fourth-order valence-corrected chi connectivity index (χ4v) is 2.86. The molecule has 0 aromatic heterocycles. The number of methoxy groups -OCH3 is 1. The molecule has 0 aliphatic carbocycles. The van der Waals surface area contributed by atoms with E-state index >= 15 is 0 Å². The molecule has 1 amide bonds. The second-order valence-electron chi connectivity index (χ2n) is 4.49. The fourth-order valence-electron chi connectivity index (χ4n) is 2.10. The molecule has 19 heavy (non-hydrogen) atoms. The van der Waals surface area contributed by atoms with Crippen molar-refractivity contribution in [2.24, 2.45) is 0 Å². The Morgan fingerprint density at radius 1 is 1.32 bits per heavy atom. The average Bonchev–Trinajstić information content (AvgIpc) is 2.68. The highest BCUT2D eigenvalue weighted by molar-refractivity contribution is 7.88. The number of hydrogen-bond donors (Lipinski definition) is 1. The average molecular weight is 284 g/mol. The van der Waals surface area contributed by atoms with Crippen LogP contribution in [0.25, 0.3) is 0 Å². The number of carbonyl (C=O) groups is 1. The van der Waals surface area contributed by atoms with Crippen LogP contribution < -0.4 is 14.4 Å². The second-order valence-corrected chi connectivity index (χ2v) is 6.27. The molecular formula is C12H16N2O4S. The summed E-state index contributed by atoms with van der Waals surface area (Å²) in [5.74, 6) is 0.618. The quantitative estimate of drug-likeness (QED) is 0.865. The van der Waals surface area contributed by atoms with Crippen molar-refractivity contribution >= 4 is 21.6 Å². The monoisotopic (exact) mass is 284 g/mol. The lowest BCUT2D eigenvalue weighted by Crippen LogP contribution is -2.36. The molecule has 1 aliphatic rings. The number of amides is 1. The lowest BCUT2D eigenvalue weighted by molar-refractivity contribution is -0.117. The van der Waals surface area contributed by atoms with Gasteiger partial charge in [0.25, 0.3) is 0 Å². The van der Waals surface area contributed by atoms with E-state index in [1.165, 1.54) is 0 Å². The van der Waals surface area contributed by atoms with Crippen LogP contribution in [0.4, 0.5) is 5.69 Å². The van der Waals surface area contributed by atoms with Gasteiger partial charge in [-0.2, -0.15) is 0 Å². The van der Waals surface area contributed by atoms with Crippen molar-refractivity contribution in [3.05, 3.63) is 24.3 Å². The van der Waals surface area contributed by atoms with Crippen LogP contribution in [0.2, 0.25) is 0 Å². The molecule has 1 aliphatic heterocycles. The number of hydrogen-bond acceptors (Lipinski definition) is 4. The van der Waals surface area contributed by atoms with Crippen molar-refractivity contribution in [3.63, 3.8) is 0 Å². The largest absolute Gasteiger partial charge is 0.497 e. The van der Waals surface area contributed by atoms with Crippen molar-refractivity contribution < 1.29 is 17.9 Å². The van der Waals surface area contributed by atoms with Crippen LogP contribution in [0.5, 0.6) is 5.75 Å². The first-order valence-corrected chi connectivity index (χ1v) is 7.70. The molecular weight excluding hydrogens is 268 g/mol. The van der Waals surface area contributed by atoms with Gasteiger partial charge < -0.3 is 9.64 Å². The molecule has 0 saturated carbocycles. The molecule has 1 aromatic carbocycles. The Balaban J connectivity index is 2.11. The van der Waals surface area contributed by atoms with E-state index in [2.05, 4.69) is 4.72 Å². The lowest BCUT2D eigenvalue weighted by Gasteiger charge is -2.17. The zero-order valence-electron chi connectivity index (χ0n) is 10.8. The summed E-state index contributed by atoms with van der Waals surface area (Å²) < 4.78 is 29.8. The third kappa shape index (κ3) is 3.45. The molecule has 1 heterocycles. The van der Waals surface area contributed by atoms with Gasteiger partial charge >= 0.3 is 0 Å². The van der Waals surface area contributed by atoms with Crippen molar-refractivity contribution in [3.8, 4) is 5.75 Å². The highest BCUT2D eigenvalue weighted by atomic mass is 32.2. The molecule has 0 radical (unpaired) electrons. The van der Waals surface area contributed by atoms with Gasteiger partial charge in [-0.1, -0.05) is 0 Å². The molecule has 0 bridgehead atoms. The number of nitrogens with zero attached hydrogens (tertiary/aromatic N) is 1. The summed E-state index contributed by atoms with van der Waals surface area (Å²) in [4.78, 5) is 13.5. The van der Waals surface area contributed by atoms with Crippen molar-refractivity contribution in [1.82, 2.24) is 4.72 Å². The van der Waals surface area contributed by atoms with Crippen molar-refractivity contribution in [1.29, 1.82) is 0 Å². The predicted octanol–water partition coefficient (Wildman–Crippen LogP) is 0.350. The molecule has 2 rings (SSSR count). The van der Waals surface area contributed by atoms with Crippen LogP contribution in [-0.2, 0) is 14.8 Å². The van der Waals surface area contributed by atoms with E-state index in [0.29, 0.717) is 12.3 Å². The number of ether oxygens (including phenoxy) is 1. The third-order valence-corrected chi connectivity index (χ3v) is 3.65. The van der Waals surface area contributed by atoms with Crippen molar-refractivity contribution in [2.45, 2.75) is 12.5 Å². The molecule has 1 fully saturated rings. The van der Waals surface area contributed by atoms with Gasteiger partial charge in [0, 0.05) is 24.7 Å². The molecule has 1 atom stereocenters. The highest BCUT2D eigenvalue weighted by Crippen LogP contribution is 2.24. The van der Waals surface area contributed by atoms with Gasteiger partial charge in [0.1, 0.15) is 5.75 Å². The number of sulfonamides is 1. The van der Waals surface area contributed by atoms with Crippen LogP contribution in [0.15, 0.2) is 24.3 Å². The van der Waals surface area contributed by atoms with Crippen LogP contribution in [0.3, 0.4) is 0 Å². The summed E-state index contributed by atoms with van der Waals surface area (Å²) in [5, 5.41) is 0. The maximum atomic E-state index is 11.9. The first-order chi connectivity index (χ1) is 8.89. The Morgan fingerprint density at radius 2 is 1.95 bits per heavy atom. The Bertz CT molecular complexity index is 568. The second kappa shape index (κ2) is 5.18. The Morgan fingerprint density at radius 3 is 2.47 bits per heavy atom. The minimum Gasteiger partial charge on any atom is -0.497 e. The van der Waals surface area contributed by atoms with Gasteiger partial charge in [-0.15, -0.1) is 0 Å². The van der Waals surface area contributed by atoms with Gasteiger partial charge in [0.15, 0.2) is 0 Å². The minimum atomic E-state index is -3.30. The molecule has 1 N–H and O–H groups in total. The Labute approximate surface area is 112 Å². The smallest absolute Gasteiger partial charge is 0.228 e. The SMILES string of the molecule is COc1ccc(N2C[C@H](NS(C)(=O)=O)CC2=O)cc1. The standard InChI is InChI=1S/C12H16N2O4S/c1-18-11-5-3-10(4-6-11)14-8-9(7-12(14)15)13-19(2,16)17/h3-6,9,13H,7-8H2,1-2H3/t9-/m1/s1. The van der Waals surface area contributed by atoms with E-state index in [-0.39, 0.29) is 18.4 Å². The molecule has 7 heteroatoms. The van der Waals surface area contributed by atoms with E-state index in [4.69, 9.17) is 4.74 Å². The topological polar surface area (TPSA) is 75.7 Å². The fraction of sp³-hybridized carbons (Fsp3) is 0.417. The summed E-state index contributed by atoms with van der Waals surface area (Å²) >= 11 is 0. The van der Waals surface area contributed by atoms with E-state index in [1.54, 1.807) is 36.3 Å². The van der Waals surface area contributed by atoms with Crippen LogP contribution in [-0.4, -0.2) is 40.3 Å². The number of rotatable bonds is 4. The number of nitrogens with one attached hydrogen (secondary N) is 1. The summed E-state index contributed by atoms with van der Waals surface area (Å²) in [6.07, 6.45) is 1.27. The summed E-state index contributed by atoms with van der Waals surface area (Å²) in [7, 11) is -1.72. The first-order valence-electron chi connectivity index (χ1n) is 5.81. The summed E-state index contributed by atoms with van der Waals surface area (Å²) in [6.45, 7) is 0.345. The molecule has 6 nitrogen and oxygen atoms in total. The minimum absolute atomic E-state index is 0.0914. The summed E-state index contributed by atoms with van der Waals surface area (Å²) in [6, 6.07) is 6.71. The van der Waals surface area contributed by atoms with Gasteiger partial charge in [0.05, 0.1) is 13.4 Å². The first kappa shape index (κ1) is 13.8. The zero-order chi connectivity index (χ0) is 14.0. The van der Waals surface area contributed by atoms with Gasteiger partial charge in [-0.3, -0.25) is 4.79 Å². The normalized spacial score (nSPS) is 19.8. The summed E-state index contributed by atoms with van der Waals surface area (Å²) in [5.41, 5.74) is 0.739. The zero-order valence-corrected chi connectivity index (χ0v) is 11.6. The number of carbonyl (C=O) groups excluding carboxylic acids is 1. The number of anilines is 1. The molecule has 1 aromatic rings. The molecule has 0 spiro atoms. The maximum absolute atomic E-state index is 11.9. The molecule has 104 valence electrons. The van der Waals surface area contributed by atoms with Gasteiger partial charge in [-0.05, 0) is 24.3 Å².